The lowest BCUT2D eigenvalue weighted by atomic mass is 10.0. The average molecular weight is 291 g/mol. The van der Waals surface area contributed by atoms with Crippen LogP contribution in [0.3, 0.4) is 0 Å². The van der Waals surface area contributed by atoms with Gasteiger partial charge in [0.2, 0.25) is 11.8 Å². The van der Waals surface area contributed by atoms with Crippen LogP contribution in [0.15, 0.2) is 30.3 Å². The molecular formula is C16H25N3O2. The van der Waals surface area contributed by atoms with Crippen LogP contribution in [0.25, 0.3) is 0 Å². The summed E-state index contributed by atoms with van der Waals surface area (Å²) in [5.74, 6) is -0.327. The molecule has 5 nitrogen and oxygen atoms in total. The van der Waals surface area contributed by atoms with Gasteiger partial charge in [-0.05, 0) is 24.9 Å². The predicted molar refractivity (Wildman–Crippen MR) is 83.6 cm³/mol. The Morgan fingerprint density at radius 1 is 1.14 bits per heavy atom. The van der Waals surface area contributed by atoms with Gasteiger partial charge in [0.15, 0.2) is 0 Å². The second-order valence-electron chi connectivity index (χ2n) is 5.62. The molecule has 1 aromatic rings. The summed E-state index contributed by atoms with van der Waals surface area (Å²) in [6.07, 6.45) is 1.11. The number of nitrogens with two attached hydrogens (primary N) is 1. The molecule has 0 radical (unpaired) electrons. The number of rotatable bonds is 8. The Morgan fingerprint density at radius 2 is 1.76 bits per heavy atom. The molecule has 2 atom stereocenters. The molecule has 2 unspecified atom stereocenters. The molecule has 0 heterocycles. The lowest BCUT2D eigenvalue weighted by Crippen LogP contribution is -2.52. The molecule has 5 heteroatoms. The lowest BCUT2D eigenvalue weighted by Gasteiger charge is -2.22. The van der Waals surface area contributed by atoms with E-state index in [9.17, 15) is 9.59 Å². The molecule has 2 amide bonds. The van der Waals surface area contributed by atoms with Gasteiger partial charge in [0.25, 0.3) is 0 Å². The molecule has 21 heavy (non-hydrogen) atoms. The Labute approximate surface area is 126 Å². The van der Waals surface area contributed by atoms with Crippen LogP contribution in [-0.2, 0) is 16.0 Å². The van der Waals surface area contributed by atoms with Crippen LogP contribution in [0.5, 0.6) is 0 Å². The molecule has 0 saturated heterocycles. The Morgan fingerprint density at radius 3 is 2.24 bits per heavy atom. The van der Waals surface area contributed by atoms with Gasteiger partial charge in [-0.1, -0.05) is 44.2 Å². The number of benzene rings is 1. The van der Waals surface area contributed by atoms with Crippen molar-refractivity contribution < 1.29 is 9.59 Å². The molecule has 0 aliphatic heterocycles. The van der Waals surface area contributed by atoms with Crippen molar-refractivity contribution in [1.82, 2.24) is 10.6 Å². The van der Waals surface area contributed by atoms with Crippen LogP contribution in [-0.4, -0.2) is 30.9 Å². The molecule has 0 spiro atoms. The summed E-state index contributed by atoms with van der Waals surface area (Å²) >= 11 is 0. The van der Waals surface area contributed by atoms with E-state index < -0.39 is 11.9 Å². The minimum atomic E-state index is -0.692. The number of nitrogens with one attached hydrogen (secondary N) is 2. The highest BCUT2D eigenvalue weighted by atomic mass is 16.2. The fraction of sp³-hybridized carbons (Fsp3) is 0.500. The smallest absolute Gasteiger partial charge is 0.240 e. The number of carbonyl (C=O) groups excluding carboxylic acids is 2. The zero-order chi connectivity index (χ0) is 15.8. The number of primary amides is 1. The quantitative estimate of drug-likeness (QED) is 0.663. The van der Waals surface area contributed by atoms with Gasteiger partial charge >= 0.3 is 0 Å². The van der Waals surface area contributed by atoms with E-state index in [0.29, 0.717) is 18.8 Å². The minimum Gasteiger partial charge on any atom is -0.368 e. The van der Waals surface area contributed by atoms with Crippen molar-refractivity contribution in [2.75, 3.05) is 7.05 Å². The second kappa shape index (κ2) is 8.42. The molecule has 116 valence electrons. The van der Waals surface area contributed by atoms with Gasteiger partial charge in [0.1, 0.15) is 6.04 Å². The van der Waals surface area contributed by atoms with Crippen molar-refractivity contribution in [2.45, 2.75) is 38.8 Å². The number of likely N-dealkylation sites (N-methyl/N-ethyl adjacent to an activating group) is 1. The van der Waals surface area contributed by atoms with Crippen LogP contribution in [0.4, 0.5) is 0 Å². The molecule has 0 aromatic heterocycles. The topological polar surface area (TPSA) is 84.2 Å². The maximum atomic E-state index is 12.2. The SMILES string of the molecule is CNC(CC(C)C)C(=O)NC(Cc1ccccc1)C(N)=O. The van der Waals surface area contributed by atoms with E-state index in [0.717, 1.165) is 5.56 Å². The van der Waals surface area contributed by atoms with E-state index in [1.807, 2.05) is 44.2 Å². The highest BCUT2D eigenvalue weighted by Crippen LogP contribution is 2.07. The Balaban J connectivity index is 2.69. The molecule has 0 saturated carbocycles. The third kappa shape index (κ3) is 5.95. The van der Waals surface area contributed by atoms with Gasteiger partial charge in [0, 0.05) is 6.42 Å². The minimum absolute atomic E-state index is 0.189. The largest absolute Gasteiger partial charge is 0.368 e. The average Bonchev–Trinajstić information content (AvgIpc) is 2.44. The molecule has 1 aromatic carbocycles. The van der Waals surface area contributed by atoms with Crippen LogP contribution >= 0.6 is 0 Å². The van der Waals surface area contributed by atoms with E-state index in [1.165, 1.54) is 0 Å². The standard InChI is InChI=1S/C16H25N3O2/c1-11(2)9-14(18-3)16(21)19-13(15(17)20)10-12-7-5-4-6-8-12/h4-8,11,13-14,18H,9-10H2,1-3H3,(H2,17,20)(H,19,21). The van der Waals surface area contributed by atoms with E-state index in [-0.39, 0.29) is 11.9 Å². The molecule has 0 bridgehead atoms. The number of hydrogen-bond donors (Lipinski definition) is 3. The van der Waals surface area contributed by atoms with Crippen LogP contribution in [0.2, 0.25) is 0 Å². The number of amides is 2. The summed E-state index contributed by atoms with van der Waals surface area (Å²) < 4.78 is 0. The third-order valence-electron chi connectivity index (χ3n) is 3.31. The molecule has 1 rings (SSSR count). The molecule has 0 aliphatic rings. The first-order valence-corrected chi connectivity index (χ1v) is 7.25. The zero-order valence-electron chi connectivity index (χ0n) is 12.9. The summed E-state index contributed by atoms with van der Waals surface area (Å²) in [5, 5.41) is 5.72. The lowest BCUT2D eigenvalue weighted by molar-refractivity contribution is -0.128. The maximum absolute atomic E-state index is 12.2. The maximum Gasteiger partial charge on any atom is 0.240 e. The zero-order valence-corrected chi connectivity index (χ0v) is 12.9. The fourth-order valence-corrected chi connectivity index (χ4v) is 2.17. The Kier molecular flexibility index (Phi) is 6.88. The van der Waals surface area contributed by atoms with Gasteiger partial charge in [-0.3, -0.25) is 9.59 Å². The first-order chi connectivity index (χ1) is 9.93. The fourth-order valence-electron chi connectivity index (χ4n) is 2.17. The van der Waals surface area contributed by atoms with E-state index >= 15 is 0 Å². The van der Waals surface area contributed by atoms with Gasteiger partial charge in [-0.15, -0.1) is 0 Å². The van der Waals surface area contributed by atoms with E-state index in [1.54, 1.807) is 7.05 Å². The van der Waals surface area contributed by atoms with Crippen molar-refractivity contribution >= 4 is 11.8 Å². The van der Waals surface area contributed by atoms with E-state index in [4.69, 9.17) is 5.73 Å². The third-order valence-corrected chi connectivity index (χ3v) is 3.31. The van der Waals surface area contributed by atoms with Gasteiger partial charge in [0.05, 0.1) is 6.04 Å². The van der Waals surface area contributed by atoms with Crippen molar-refractivity contribution in [3.63, 3.8) is 0 Å². The summed E-state index contributed by atoms with van der Waals surface area (Å²) in [6.45, 7) is 4.10. The number of carbonyl (C=O) groups is 2. The van der Waals surface area contributed by atoms with Gasteiger partial charge < -0.3 is 16.4 Å². The highest BCUT2D eigenvalue weighted by Gasteiger charge is 2.23. The van der Waals surface area contributed by atoms with Crippen molar-refractivity contribution in [3.8, 4) is 0 Å². The highest BCUT2D eigenvalue weighted by molar-refractivity contribution is 5.89. The van der Waals surface area contributed by atoms with Crippen LogP contribution < -0.4 is 16.4 Å². The Hall–Kier alpha value is -1.88. The first kappa shape index (κ1) is 17.2. The number of hydrogen-bond acceptors (Lipinski definition) is 3. The molecule has 4 N–H and O–H groups in total. The van der Waals surface area contributed by atoms with Crippen LogP contribution in [0, 0.1) is 5.92 Å². The van der Waals surface area contributed by atoms with E-state index in [2.05, 4.69) is 10.6 Å². The van der Waals surface area contributed by atoms with Crippen molar-refractivity contribution in [1.29, 1.82) is 0 Å². The molecule has 0 aliphatic carbocycles. The second-order valence-corrected chi connectivity index (χ2v) is 5.62. The molecule has 0 fully saturated rings. The summed E-state index contributed by atoms with van der Waals surface area (Å²) in [5.41, 5.74) is 6.37. The van der Waals surface area contributed by atoms with Crippen LogP contribution in [0.1, 0.15) is 25.8 Å². The summed E-state index contributed by atoms with van der Waals surface area (Å²) in [4.78, 5) is 23.8. The van der Waals surface area contributed by atoms with Gasteiger partial charge in [-0.2, -0.15) is 0 Å². The first-order valence-electron chi connectivity index (χ1n) is 7.25. The van der Waals surface area contributed by atoms with Crippen molar-refractivity contribution in [2.24, 2.45) is 11.7 Å². The summed E-state index contributed by atoms with van der Waals surface area (Å²) in [7, 11) is 1.74. The summed E-state index contributed by atoms with van der Waals surface area (Å²) in [6, 6.07) is 8.50. The monoisotopic (exact) mass is 291 g/mol. The normalized spacial score (nSPS) is 13.7. The van der Waals surface area contributed by atoms with Crippen molar-refractivity contribution in [3.05, 3.63) is 35.9 Å². The van der Waals surface area contributed by atoms with Gasteiger partial charge in [-0.25, -0.2) is 0 Å². The molecular weight excluding hydrogens is 266 g/mol. The predicted octanol–water partition coefficient (Wildman–Crippen LogP) is 0.833. The Bertz CT molecular complexity index is 460.